The molecule has 38 heavy (non-hydrogen) atoms. The quantitative estimate of drug-likeness (QED) is 0.375. The average molecular weight is 509 g/mol. The zero-order valence-electron chi connectivity index (χ0n) is 21.5. The maximum atomic E-state index is 12.9. The van der Waals surface area contributed by atoms with Crippen molar-refractivity contribution < 1.29 is 9.59 Å². The first-order valence-electron chi connectivity index (χ1n) is 12.8. The molecule has 2 heterocycles. The van der Waals surface area contributed by atoms with Crippen LogP contribution in [0.3, 0.4) is 0 Å². The Morgan fingerprint density at radius 3 is 2.34 bits per heavy atom. The average Bonchev–Trinajstić information content (AvgIpc) is 3.40. The van der Waals surface area contributed by atoms with Gasteiger partial charge in [0.15, 0.2) is 0 Å². The van der Waals surface area contributed by atoms with Crippen LogP contribution in [-0.4, -0.2) is 64.6 Å². The summed E-state index contributed by atoms with van der Waals surface area (Å²) in [6, 6.07) is 24.9. The van der Waals surface area contributed by atoms with Gasteiger partial charge in [0.1, 0.15) is 0 Å². The van der Waals surface area contributed by atoms with E-state index in [1.54, 1.807) is 29.2 Å². The molecule has 194 valence electrons. The van der Waals surface area contributed by atoms with Gasteiger partial charge in [-0.2, -0.15) is 5.10 Å². The Kier molecular flexibility index (Phi) is 7.92. The first-order chi connectivity index (χ1) is 18.5. The van der Waals surface area contributed by atoms with E-state index < -0.39 is 0 Å². The van der Waals surface area contributed by atoms with E-state index in [1.807, 2.05) is 54.6 Å². The third-order valence-corrected chi connectivity index (χ3v) is 6.66. The van der Waals surface area contributed by atoms with E-state index in [9.17, 15) is 9.59 Å². The third-order valence-electron chi connectivity index (χ3n) is 6.66. The minimum atomic E-state index is -0.192. The Morgan fingerprint density at radius 2 is 1.58 bits per heavy atom. The summed E-state index contributed by atoms with van der Waals surface area (Å²) in [5.74, 6) is -0.305. The Labute approximate surface area is 222 Å². The maximum Gasteiger partial charge on any atom is 0.255 e. The third kappa shape index (κ3) is 6.73. The summed E-state index contributed by atoms with van der Waals surface area (Å²) >= 11 is 0. The number of carbonyl (C=O) groups excluding carboxylic acids is 2. The molecule has 0 atom stereocenters. The molecule has 2 amide bonds. The highest BCUT2D eigenvalue weighted by molar-refractivity contribution is 6.04. The second kappa shape index (κ2) is 11.9. The van der Waals surface area contributed by atoms with Crippen molar-refractivity contribution in [3.05, 3.63) is 108 Å². The number of benzene rings is 3. The molecular weight excluding hydrogens is 476 g/mol. The smallest absolute Gasteiger partial charge is 0.255 e. The number of nitrogens with one attached hydrogen (secondary N) is 2. The second-order valence-corrected chi connectivity index (χ2v) is 9.66. The van der Waals surface area contributed by atoms with Crippen molar-refractivity contribution >= 4 is 23.2 Å². The molecule has 0 saturated carbocycles. The van der Waals surface area contributed by atoms with Gasteiger partial charge in [-0.3, -0.25) is 14.5 Å². The number of rotatable bonds is 8. The van der Waals surface area contributed by atoms with Crippen molar-refractivity contribution in [1.82, 2.24) is 19.6 Å². The van der Waals surface area contributed by atoms with Crippen LogP contribution in [0.2, 0.25) is 0 Å². The molecule has 0 unspecified atom stereocenters. The van der Waals surface area contributed by atoms with Crippen LogP contribution in [0.15, 0.2) is 91.3 Å². The summed E-state index contributed by atoms with van der Waals surface area (Å²) < 4.78 is 1.64. The van der Waals surface area contributed by atoms with E-state index in [4.69, 9.17) is 0 Å². The summed E-state index contributed by atoms with van der Waals surface area (Å²) in [4.78, 5) is 30.1. The minimum Gasteiger partial charge on any atom is -0.323 e. The van der Waals surface area contributed by atoms with Gasteiger partial charge in [0.05, 0.1) is 30.2 Å². The predicted octanol–water partition coefficient (Wildman–Crippen LogP) is 4.05. The largest absolute Gasteiger partial charge is 0.323 e. The zero-order valence-corrected chi connectivity index (χ0v) is 21.5. The topological polar surface area (TPSA) is 82.5 Å². The lowest BCUT2D eigenvalue weighted by Gasteiger charge is -2.32. The molecule has 0 bridgehead atoms. The molecule has 1 aromatic heterocycles. The number of anilines is 2. The van der Waals surface area contributed by atoms with Gasteiger partial charge < -0.3 is 15.5 Å². The second-order valence-electron chi connectivity index (χ2n) is 9.66. The van der Waals surface area contributed by atoms with E-state index in [2.05, 4.69) is 44.7 Å². The lowest BCUT2D eigenvalue weighted by atomic mass is 10.1. The Hall–Kier alpha value is -4.27. The molecule has 1 saturated heterocycles. The van der Waals surface area contributed by atoms with Crippen molar-refractivity contribution in [2.45, 2.75) is 13.0 Å². The molecule has 0 spiro atoms. The van der Waals surface area contributed by atoms with Crippen LogP contribution in [0.25, 0.3) is 5.69 Å². The van der Waals surface area contributed by atoms with Crippen LogP contribution in [-0.2, 0) is 17.8 Å². The number of amides is 2. The standard InChI is InChI=1S/C30H32N6O2/c1-34-14-16-35(17-15-34)21-24-10-12-26(13-11-24)33-30(38)25-8-5-9-28(19-25)36-22-27(20-31-36)32-29(37)18-23-6-3-2-4-7-23/h2-13,19-20,22H,14-18,21H2,1H3,(H,32,37)(H,33,38). The molecule has 8 heteroatoms. The van der Waals surface area contributed by atoms with Gasteiger partial charge in [0, 0.05) is 44.0 Å². The molecule has 1 aliphatic rings. The van der Waals surface area contributed by atoms with Crippen molar-refractivity contribution in [3.63, 3.8) is 0 Å². The molecule has 3 aromatic carbocycles. The summed E-state index contributed by atoms with van der Waals surface area (Å²) in [6.07, 6.45) is 3.62. The Balaban J connectivity index is 1.17. The van der Waals surface area contributed by atoms with Gasteiger partial charge >= 0.3 is 0 Å². The first kappa shape index (κ1) is 25.4. The van der Waals surface area contributed by atoms with Gasteiger partial charge in [0.25, 0.3) is 5.91 Å². The van der Waals surface area contributed by atoms with Crippen LogP contribution >= 0.6 is 0 Å². The lowest BCUT2D eigenvalue weighted by molar-refractivity contribution is -0.115. The monoisotopic (exact) mass is 508 g/mol. The number of hydrogen-bond acceptors (Lipinski definition) is 5. The van der Waals surface area contributed by atoms with E-state index in [1.165, 1.54) is 5.56 Å². The van der Waals surface area contributed by atoms with Gasteiger partial charge in [0.2, 0.25) is 5.91 Å². The van der Waals surface area contributed by atoms with E-state index in [0.717, 1.165) is 49.7 Å². The minimum absolute atomic E-state index is 0.113. The highest BCUT2D eigenvalue weighted by Gasteiger charge is 2.14. The molecule has 8 nitrogen and oxygen atoms in total. The fraction of sp³-hybridized carbons (Fsp3) is 0.233. The van der Waals surface area contributed by atoms with Gasteiger partial charge in [-0.25, -0.2) is 4.68 Å². The number of hydrogen-bond donors (Lipinski definition) is 2. The Bertz CT molecular complexity index is 1380. The highest BCUT2D eigenvalue weighted by Crippen LogP contribution is 2.17. The highest BCUT2D eigenvalue weighted by atomic mass is 16.2. The molecule has 5 rings (SSSR count). The molecule has 0 radical (unpaired) electrons. The van der Waals surface area contributed by atoms with Crippen molar-refractivity contribution in [1.29, 1.82) is 0 Å². The fourth-order valence-corrected chi connectivity index (χ4v) is 4.47. The summed E-state index contributed by atoms with van der Waals surface area (Å²) in [6.45, 7) is 5.25. The van der Waals surface area contributed by atoms with Crippen molar-refractivity contribution in [2.24, 2.45) is 0 Å². The molecule has 2 N–H and O–H groups in total. The van der Waals surface area contributed by atoms with Crippen LogP contribution in [0, 0.1) is 0 Å². The normalized spacial score (nSPS) is 14.2. The number of nitrogens with zero attached hydrogens (tertiary/aromatic N) is 4. The van der Waals surface area contributed by atoms with Crippen LogP contribution in [0.5, 0.6) is 0 Å². The predicted molar refractivity (Wildman–Crippen MR) is 150 cm³/mol. The lowest BCUT2D eigenvalue weighted by Crippen LogP contribution is -2.43. The van der Waals surface area contributed by atoms with E-state index in [-0.39, 0.29) is 11.8 Å². The zero-order chi connectivity index (χ0) is 26.3. The number of aromatic nitrogens is 2. The Morgan fingerprint density at radius 1 is 0.816 bits per heavy atom. The molecule has 0 aliphatic carbocycles. The van der Waals surface area contributed by atoms with Crippen LogP contribution in [0.1, 0.15) is 21.5 Å². The molecule has 4 aromatic rings. The number of piperazine rings is 1. The van der Waals surface area contributed by atoms with Crippen molar-refractivity contribution in [3.8, 4) is 5.69 Å². The van der Waals surface area contributed by atoms with Gasteiger partial charge in [-0.1, -0.05) is 48.5 Å². The summed E-state index contributed by atoms with van der Waals surface area (Å²) in [5, 5.41) is 10.2. The summed E-state index contributed by atoms with van der Waals surface area (Å²) in [7, 11) is 2.16. The van der Waals surface area contributed by atoms with Gasteiger partial charge in [-0.15, -0.1) is 0 Å². The molecule has 1 fully saturated rings. The number of carbonyl (C=O) groups is 2. The molecule has 1 aliphatic heterocycles. The van der Waals surface area contributed by atoms with Crippen LogP contribution < -0.4 is 10.6 Å². The molecular formula is C30H32N6O2. The maximum absolute atomic E-state index is 12.9. The van der Waals surface area contributed by atoms with E-state index >= 15 is 0 Å². The fourth-order valence-electron chi connectivity index (χ4n) is 4.47. The van der Waals surface area contributed by atoms with Gasteiger partial charge in [-0.05, 0) is 48.5 Å². The summed E-state index contributed by atoms with van der Waals surface area (Å²) in [5.41, 5.74) is 4.78. The van der Waals surface area contributed by atoms with E-state index in [0.29, 0.717) is 17.7 Å². The number of likely N-dealkylation sites (N-methyl/N-ethyl adjacent to an activating group) is 1. The SMILES string of the molecule is CN1CCN(Cc2ccc(NC(=O)c3cccc(-n4cc(NC(=O)Cc5ccccc5)cn4)c3)cc2)CC1. The van der Waals surface area contributed by atoms with Crippen LogP contribution in [0.4, 0.5) is 11.4 Å². The first-order valence-corrected chi connectivity index (χ1v) is 12.8. The van der Waals surface area contributed by atoms with Crippen molar-refractivity contribution in [2.75, 3.05) is 43.9 Å².